The van der Waals surface area contributed by atoms with Gasteiger partial charge < -0.3 is 19.3 Å². The van der Waals surface area contributed by atoms with Crippen LogP contribution in [0.3, 0.4) is 0 Å². The zero-order valence-electron chi connectivity index (χ0n) is 11.9. The van der Waals surface area contributed by atoms with Gasteiger partial charge in [0.05, 0.1) is 26.4 Å². The number of aliphatic hydroxyl groups excluding tert-OH is 1. The van der Waals surface area contributed by atoms with E-state index in [9.17, 15) is 5.11 Å². The molecule has 1 saturated heterocycles. The molecule has 18 heavy (non-hydrogen) atoms. The lowest BCUT2D eigenvalue weighted by molar-refractivity contribution is 0.0143. The molecule has 1 heterocycles. The van der Waals surface area contributed by atoms with Crippen molar-refractivity contribution in [3.63, 3.8) is 0 Å². The van der Waals surface area contributed by atoms with Crippen molar-refractivity contribution in [1.29, 1.82) is 0 Å². The maximum absolute atomic E-state index is 9.63. The molecule has 0 aromatic carbocycles. The second-order valence-corrected chi connectivity index (χ2v) is 5.23. The molecule has 1 rings (SSSR count). The van der Waals surface area contributed by atoms with Crippen molar-refractivity contribution < 1.29 is 19.3 Å². The van der Waals surface area contributed by atoms with Gasteiger partial charge in [-0.1, -0.05) is 0 Å². The van der Waals surface area contributed by atoms with Gasteiger partial charge in [-0.3, -0.25) is 4.90 Å². The molecule has 1 aliphatic rings. The molecular formula is C13H27NO4. The van der Waals surface area contributed by atoms with Crippen molar-refractivity contribution in [2.75, 3.05) is 60.3 Å². The zero-order valence-corrected chi connectivity index (χ0v) is 11.9. The van der Waals surface area contributed by atoms with Crippen LogP contribution >= 0.6 is 0 Å². The Labute approximate surface area is 110 Å². The van der Waals surface area contributed by atoms with Crippen LogP contribution in [-0.4, -0.2) is 76.4 Å². The van der Waals surface area contributed by atoms with Gasteiger partial charge >= 0.3 is 0 Å². The SMILES string of the molecule is COCCN(CC1(CO)CCOC1)C(C)COC. The van der Waals surface area contributed by atoms with Gasteiger partial charge in [-0.2, -0.15) is 0 Å². The maximum atomic E-state index is 9.63. The Bertz CT molecular complexity index is 219. The fraction of sp³-hybridized carbons (Fsp3) is 1.00. The molecule has 2 atom stereocenters. The average molecular weight is 261 g/mol. The van der Waals surface area contributed by atoms with E-state index >= 15 is 0 Å². The molecule has 0 bridgehead atoms. The molecule has 5 heteroatoms. The van der Waals surface area contributed by atoms with E-state index in [4.69, 9.17) is 14.2 Å². The molecule has 0 aromatic heterocycles. The summed E-state index contributed by atoms with van der Waals surface area (Å²) in [7, 11) is 3.42. The summed E-state index contributed by atoms with van der Waals surface area (Å²) in [6.07, 6.45) is 0.923. The second-order valence-electron chi connectivity index (χ2n) is 5.23. The zero-order chi connectivity index (χ0) is 13.4. The number of ether oxygens (including phenoxy) is 3. The van der Waals surface area contributed by atoms with Crippen LogP contribution in [-0.2, 0) is 14.2 Å². The van der Waals surface area contributed by atoms with E-state index in [1.807, 2.05) is 0 Å². The van der Waals surface area contributed by atoms with Gasteiger partial charge in [-0.05, 0) is 13.3 Å². The third kappa shape index (κ3) is 4.48. The predicted molar refractivity (Wildman–Crippen MR) is 69.7 cm³/mol. The standard InChI is InChI=1S/C13H27NO4/c1-12(8-17-3)14(5-7-16-2)9-13(10-15)4-6-18-11-13/h12,15H,4-11H2,1-3H3. The van der Waals surface area contributed by atoms with E-state index < -0.39 is 0 Å². The summed E-state index contributed by atoms with van der Waals surface area (Å²) in [4.78, 5) is 2.32. The van der Waals surface area contributed by atoms with Crippen molar-refractivity contribution in [1.82, 2.24) is 4.90 Å². The molecule has 0 aliphatic carbocycles. The summed E-state index contributed by atoms with van der Waals surface area (Å²) in [6, 6.07) is 0.314. The molecule has 0 radical (unpaired) electrons. The molecular weight excluding hydrogens is 234 g/mol. The molecule has 1 N–H and O–H groups in total. The molecule has 0 amide bonds. The van der Waals surface area contributed by atoms with Crippen LogP contribution in [0.25, 0.3) is 0 Å². The normalized spacial score (nSPS) is 25.8. The first-order valence-corrected chi connectivity index (χ1v) is 6.58. The molecule has 108 valence electrons. The minimum absolute atomic E-state index is 0.115. The highest BCUT2D eigenvalue weighted by atomic mass is 16.5. The lowest BCUT2D eigenvalue weighted by atomic mass is 9.87. The van der Waals surface area contributed by atoms with E-state index in [0.717, 1.165) is 26.1 Å². The van der Waals surface area contributed by atoms with Crippen molar-refractivity contribution in [3.8, 4) is 0 Å². The first-order valence-electron chi connectivity index (χ1n) is 6.58. The van der Waals surface area contributed by atoms with Gasteiger partial charge in [0, 0.05) is 45.4 Å². The molecule has 0 aromatic rings. The average Bonchev–Trinajstić information content (AvgIpc) is 2.84. The van der Waals surface area contributed by atoms with Gasteiger partial charge in [0.1, 0.15) is 0 Å². The fourth-order valence-corrected chi connectivity index (χ4v) is 2.39. The summed E-state index contributed by atoms with van der Waals surface area (Å²) in [5, 5.41) is 9.63. The van der Waals surface area contributed by atoms with E-state index in [1.54, 1.807) is 14.2 Å². The number of hydrogen-bond acceptors (Lipinski definition) is 5. The number of methoxy groups -OCH3 is 2. The molecule has 2 unspecified atom stereocenters. The Morgan fingerprint density at radius 2 is 2.17 bits per heavy atom. The van der Waals surface area contributed by atoms with Gasteiger partial charge in [-0.15, -0.1) is 0 Å². The first kappa shape index (κ1) is 15.9. The first-order chi connectivity index (χ1) is 8.67. The minimum atomic E-state index is -0.115. The molecule has 0 saturated carbocycles. The van der Waals surface area contributed by atoms with Crippen LogP contribution in [0.15, 0.2) is 0 Å². The summed E-state index contributed by atoms with van der Waals surface area (Å²) in [5.74, 6) is 0. The van der Waals surface area contributed by atoms with Crippen LogP contribution in [0, 0.1) is 5.41 Å². The number of hydrogen-bond donors (Lipinski definition) is 1. The Morgan fingerprint density at radius 3 is 2.67 bits per heavy atom. The van der Waals surface area contributed by atoms with Gasteiger partial charge in [0.25, 0.3) is 0 Å². The topological polar surface area (TPSA) is 51.2 Å². The Balaban J connectivity index is 2.57. The van der Waals surface area contributed by atoms with Crippen LogP contribution in [0.4, 0.5) is 0 Å². The lowest BCUT2D eigenvalue weighted by Crippen LogP contribution is -2.47. The highest BCUT2D eigenvalue weighted by molar-refractivity contribution is 4.87. The Kier molecular flexibility index (Phi) is 7.11. The summed E-state index contributed by atoms with van der Waals surface area (Å²) in [5.41, 5.74) is -0.115. The van der Waals surface area contributed by atoms with Gasteiger partial charge in [-0.25, -0.2) is 0 Å². The predicted octanol–water partition coefficient (Wildman–Crippen LogP) is 0.369. The highest BCUT2D eigenvalue weighted by Crippen LogP contribution is 2.29. The third-order valence-electron chi connectivity index (χ3n) is 3.67. The number of rotatable bonds is 9. The van der Waals surface area contributed by atoms with Crippen molar-refractivity contribution in [3.05, 3.63) is 0 Å². The quantitative estimate of drug-likeness (QED) is 0.650. The summed E-state index contributed by atoms with van der Waals surface area (Å²) >= 11 is 0. The van der Waals surface area contributed by atoms with E-state index in [2.05, 4.69) is 11.8 Å². The second kappa shape index (κ2) is 8.07. The summed E-state index contributed by atoms with van der Waals surface area (Å²) < 4.78 is 15.8. The smallest absolute Gasteiger partial charge is 0.0615 e. The largest absolute Gasteiger partial charge is 0.396 e. The van der Waals surface area contributed by atoms with Crippen molar-refractivity contribution >= 4 is 0 Å². The molecule has 0 spiro atoms. The lowest BCUT2D eigenvalue weighted by Gasteiger charge is -2.36. The number of aliphatic hydroxyl groups is 1. The monoisotopic (exact) mass is 261 g/mol. The maximum Gasteiger partial charge on any atom is 0.0615 e. The number of nitrogens with zero attached hydrogens (tertiary/aromatic N) is 1. The van der Waals surface area contributed by atoms with Crippen LogP contribution in [0.5, 0.6) is 0 Å². The van der Waals surface area contributed by atoms with Crippen molar-refractivity contribution in [2.45, 2.75) is 19.4 Å². The Morgan fingerprint density at radius 1 is 1.39 bits per heavy atom. The molecule has 1 fully saturated rings. The van der Waals surface area contributed by atoms with Crippen LogP contribution < -0.4 is 0 Å². The molecule has 5 nitrogen and oxygen atoms in total. The highest BCUT2D eigenvalue weighted by Gasteiger charge is 2.37. The van der Waals surface area contributed by atoms with Gasteiger partial charge in [0.15, 0.2) is 0 Å². The van der Waals surface area contributed by atoms with E-state index in [1.165, 1.54) is 0 Å². The van der Waals surface area contributed by atoms with Crippen LogP contribution in [0.1, 0.15) is 13.3 Å². The fourth-order valence-electron chi connectivity index (χ4n) is 2.39. The Hall–Kier alpha value is -0.200. The minimum Gasteiger partial charge on any atom is -0.396 e. The molecule has 1 aliphatic heterocycles. The third-order valence-corrected chi connectivity index (χ3v) is 3.67. The van der Waals surface area contributed by atoms with Crippen LogP contribution in [0.2, 0.25) is 0 Å². The van der Waals surface area contributed by atoms with E-state index in [0.29, 0.717) is 25.9 Å². The van der Waals surface area contributed by atoms with Gasteiger partial charge in [0.2, 0.25) is 0 Å². The van der Waals surface area contributed by atoms with E-state index in [-0.39, 0.29) is 12.0 Å². The summed E-state index contributed by atoms with van der Waals surface area (Å²) in [6.45, 7) is 6.77. The van der Waals surface area contributed by atoms with Crippen molar-refractivity contribution in [2.24, 2.45) is 5.41 Å².